The topological polar surface area (TPSA) is 87.2 Å². The van der Waals surface area contributed by atoms with Crippen LogP contribution in [0.4, 0.5) is 10.8 Å². The average molecular weight is 528 g/mol. The molecule has 38 heavy (non-hydrogen) atoms. The number of nitrogens with one attached hydrogen (secondary N) is 2. The maximum atomic E-state index is 13.3. The number of amides is 2. The summed E-state index contributed by atoms with van der Waals surface area (Å²) in [6.45, 7) is 2.16. The van der Waals surface area contributed by atoms with Crippen LogP contribution in [0.15, 0.2) is 78.9 Å². The molecule has 0 aliphatic carbocycles. The Balaban J connectivity index is 1.47. The highest BCUT2D eigenvalue weighted by atomic mass is 32.1. The van der Waals surface area contributed by atoms with E-state index in [9.17, 15) is 9.59 Å². The number of anilines is 2. The van der Waals surface area contributed by atoms with E-state index in [1.807, 2.05) is 97.9 Å². The molecule has 8 heteroatoms. The highest BCUT2D eigenvalue weighted by molar-refractivity contribution is 7.18. The van der Waals surface area contributed by atoms with Gasteiger partial charge in [-0.25, -0.2) is 0 Å². The quantitative estimate of drug-likeness (QED) is 0.265. The predicted molar refractivity (Wildman–Crippen MR) is 155 cm³/mol. The van der Waals surface area contributed by atoms with Crippen molar-refractivity contribution in [2.45, 2.75) is 38.6 Å². The standard InChI is InChI=1S/C30H33N5O2S/c1-4-5-9-21-12-14-23(15-13-21)27(36)31-26(20-22-10-7-6-8-11-22)28(37)32-30-34-33-29(38-30)24-16-18-25(19-17-24)35(2)3/h6-8,10-19,26H,4-5,9,20H2,1-3H3,(H,31,36)(H,32,34,37). The first-order valence-electron chi connectivity index (χ1n) is 12.8. The van der Waals surface area contributed by atoms with E-state index in [2.05, 4.69) is 27.8 Å². The first-order valence-corrected chi connectivity index (χ1v) is 13.6. The van der Waals surface area contributed by atoms with Gasteiger partial charge in [0.25, 0.3) is 5.91 Å². The second-order valence-electron chi connectivity index (χ2n) is 9.36. The third-order valence-electron chi connectivity index (χ3n) is 6.23. The first kappa shape index (κ1) is 27.0. The van der Waals surface area contributed by atoms with E-state index in [0.717, 1.165) is 36.1 Å². The molecule has 1 heterocycles. The van der Waals surface area contributed by atoms with Gasteiger partial charge in [-0.2, -0.15) is 0 Å². The second-order valence-corrected chi connectivity index (χ2v) is 10.3. The van der Waals surface area contributed by atoms with Crippen LogP contribution in [0.3, 0.4) is 0 Å². The fourth-order valence-corrected chi connectivity index (χ4v) is 4.74. The molecule has 1 atom stereocenters. The van der Waals surface area contributed by atoms with Crippen LogP contribution in [0.2, 0.25) is 0 Å². The summed E-state index contributed by atoms with van der Waals surface area (Å²) in [6, 6.07) is 24.4. The zero-order valence-electron chi connectivity index (χ0n) is 22.0. The Morgan fingerprint density at radius 2 is 1.61 bits per heavy atom. The fraction of sp³-hybridized carbons (Fsp3) is 0.267. The molecule has 0 radical (unpaired) electrons. The largest absolute Gasteiger partial charge is 0.378 e. The van der Waals surface area contributed by atoms with Crippen molar-refractivity contribution >= 4 is 34.0 Å². The van der Waals surface area contributed by atoms with E-state index in [-0.39, 0.29) is 11.8 Å². The molecule has 0 saturated carbocycles. The molecular formula is C30H33N5O2S. The summed E-state index contributed by atoms with van der Waals surface area (Å²) in [5.41, 5.74) is 4.68. The van der Waals surface area contributed by atoms with Crippen molar-refractivity contribution in [2.24, 2.45) is 0 Å². The van der Waals surface area contributed by atoms with Crippen molar-refractivity contribution in [1.29, 1.82) is 0 Å². The molecule has 7 nitrogen and oxygen atoms in total. The number of hydrogen-bond donors (Lipinski definition) is 2. The van der Waals surface area contributed by atoms with Gasteiger partial charge in [-0.3, -0.25) is 14.9 Å². The van der Waals surface area contributed by atoms with E-state index in [1.165, 1.54) is 16.9 Å². The molecule has 2 N–H and O–H groups in total. The van der Waals surface area contributed by atoms with Gasteiger partial charge in [0.2, 0.25) is 11.0 Å². The second kappa shape index (κ2) is 13.0. The summed E-state index contributed by atoms with van der Waals surface area (Å²) in [7, 11) is 3.97. The van der Waals surface area contributed by atoms with E-state index in [4.69, 9.17) is 0 Å². The van der Waals surface area contributed by atoms with E-state index in [0.29, 0.717) is 22.1 Å². The molecule has 1 unspecified atom stereocenters. The van der Waals surface area contributed by atoms with Gasteiger partial charge in [-0.15, -0.1) is 10.2 Å². The SMILES string of the molecule is CCCCc1ccc(C(=O)NC(Cc2ccccc2)C(=O)Nc2nnc(-c3ccc(N(C)C)cc3)s2)cc1. The van der Waals surface area contributed by atoms with E-state index >= 15 is 0 Å². The normalized spacial score (nSPS) is 11.6. The molecule has 0 saturated heterocycles. The zero-order valence-corrected chi connectivity index (χ0v) is 22.8. The minimum absolute atomic E-state index is 0.290. The minimum Gasteiger partial charge on any atom is -0.378 e. The van der Waals surface area contributed by atoms with Crippen molar-refractivity contribution in [3.05, 3.63) is 95.6 Å². The summed E-state index contributed by atoms with van der Waals surface area (Å²) in [4.78, 5) is 28.4. The van der Waals surface area contributed by atoms with Crippen molar-refractivity contribution in [2.75, 3.05) is 24.3 Å². The maximum Gasteiger partial charge on any atom is 0.251 e. The molecule has 4 rings (SSSR count). The fourth-order valence-electron chi connectivity index (χ4n) is 3.99. The number of benzene rings is 3. The lowest BCUT2D eigenvalue weighted by atomic mass is 10.0. The molecule has 196 valence electrons. The molecule has 0 fully saturated rings. The van der Waals surface area contributed by atoms with Gasteiger partial charge in [-0.1, -0.05) is 67.1 Å². The van der Waals surface area contributed by atoms with Gasteiger partial charge < -0.3 is 10.2 Å². The number of unbranched alkanes of at least 4 members (excludes halogenated alkanes) is 1. The number of aromatic nitrogens is 2. The van der Waals surface area contributed by atoms with Crippen LogP contribution in [0.1, 0.15) is 41.3 Å². The summed E-state index contributed by atoms with van der Waals surface area (Å²) < 4.78 is 0. The first-order chi connectivity index (χ1) is 18.4. The third-order valence-corrected chi connectivity index (χ3v) is 7.11. The molecule has 2 amide bonds. The van der Waals surface area contributed by atoms with Crippen LogP contribution >= 0.6 is 11.3 Å². The number of hydrogen-bond acceptors (Lipinski definition) is 6. The van der Waals surface area contributed by atoms with Gasteiger partial charge in [0, 0.05) is 37.3 Å². The number of carbonyl (C=O) groups excluding carboxylic acids is 2. The van der Waals surface area contributed by atoms with E-state index in [1.54, 1.807) is 0 Å². The van der Waals surface area contributed by atoms with Crippen LogP contribution in [0.5, 0.6) is 0 Å². The number of aryl methyl sites for hydroxylation is 1. The number of rotatable bonds is 11. The molecule has 0 aliphatic heterocycles. The number of nitrogens with zero attached hydrogens (tertiary/aromatic N) is 3. The summed E-state index contributed by atoms with van der Waals surface area (Å²) in [5.74, 6) is -0.630. The van der Waals surface area contributed by atoms with Crippen LogP contribution in [0, 0.1) is 0 Å². The van der Waals surface area contributed by atoms with Gasteiger partial charge in [0.05, 0.1) is 0 Å². The highest BCUT2D eigenvalue weighted by Gasteiger charge is 2.23. The average Bonchev–Trinajstić information content (AvgIpc) is 3.40. The minimum atomic E-state index is -0.781. The monoisotopic (exact) mass is 527 g/mol. The Morgan fingerprint density at radius 1 is 0.895 bits per heavy atom. The smallest absolute Gasteiger partial charge is 0.251 e. The molecule has 1 aromatic heterocycles. The van der Waals surface area contributed by atoms with Crippen molar-refractivity contribution in [1.82, 2.24) is 15.5 Å². The van der Waals surface area contributed by atoms with Gasteiger partial charge in [0.15, 0.2) is 0 Å². The lowest BCUT2D eigenvalue weighted by molar-refractivity contribution is -0.118. The van der Waals surface area contributed by atoms with Crippen LogP contribution in [0.25, 0.3) is 10.6 Å². The van der Waals surface area contributed by atoms with Gasteiger partial charge in [-0.05, 0) is 60.4 Å². The Kier molecular flexibility index (Phi) is 9.21. The van der Waals surface area contributed by atoms with Crippen LogP contribution < -0.4 is 15.5 Å². The molecule has 0 bridgehead atoms. The third kappa shape index (κ3) is 7.26. The molecule has 3 aromatic carbocycles. The number of carbonyl (C=O) groups is 2. The Bertz CT molecular complexity index is 1340. The Hall–Kier alpha value is -4.04. The van der Waals surface area contributed by atoms with Crippen LogP contribution in [-0.2, 0) is 17.6 Å². The molecule has 0 aliphatic rings. The summed E-state index contributed by atoms with van der Waals surface area (Å²) in [6.07, 6.45) is 3.57. The van der Waals surface area contributed by atoms with Gasteiger partial charge >= 0.3 is 0 Å². The van der Waals surface area contributed by atoms with Crippen molar-refractivity contribution < 1.29 is 9.59 Å². The Morgan fingerprint density at radius 3 is 2.26 bits per heavy atom. The van der Waals surface area contributed by atoms with Gasteiger partial charge in [0.1, 0.15) is 11.0 Å². The summed E-state index contributed by atoms with van der Waals surface area (Å²) >= 11 is 1.30. The van der Waals surface area contributed by atoms with Crippen molar-refractivity contribution in [3.63, 3.8) is 0 Å². The zero-order chi connectivity index (χ0) is 26.9. The summed E-state index contributed by atoms with van der Waals surface area (Å²) in [5, 5.41) is 15.3. The van der Waals surface area contributed by atoms with E-state index < -0.39 is 6.04 Å². The lowest BCUT2D eigenvalue weighted by Gasteiger charge is -2.18. The highest BCUT2D eigenvalue weighted by Crippen LogP contribution is 2.28. The Labute approximate surface area is 227 Å². The van der Waals surface area contributed by atoms with Crippen LogP contribution in [-0.4, -0.2) is 42.1 Å². The molecule has 4 aromatic rings. The predicted octanol–water partition coefficient (Wildman–Crippen LogP) is 5.59. The molecular weight excluding hydrogens is 494 g/mol. The van der Waals surface area contributed by atoms with Crippen molar-refractivity contribution in [3.8, 4) is 10.6 Å². The maximum absolute atomic E-state index is 13.3. The molecule has 0 spiro atoms. The lowest BCUT2D eigenvalue weighted by Crippen LogP contribution is -2.45.